The van der Waals surface area contributed by atoms with E-state index in [1.165, 1.54) is 6.08 Å². The van der Waals surface area contributed by atoms with Gasteiger partial charge in [0.2, 0.25) is 0 Å². The van der Waals surface area contributed by atoms with Gasteiger partial charge in [0.15, 0.2) is 9.84 Å². The van der Waals surface area contributed by atoms with E-state index in [0.717, 1.165) is 11.3 Å². The first-order valence-electron chi connectivity index (χ1n) is 7.52. The minimum atomic E-state index is -3.08. The van der Waals surface area contributed by atoms with E-state index in [0.29, 0.717) is 12.0 Å². The monoisotopic (exact) mass is 344 g/mol. The van der Waals surface area contributed by atoms with Gasteiger partial charge in [-0.3, -0.25) is 4.79 Å². The molecule has 0 spiro atoms. The van der Waals surface area contributed by atoms with Gasteiger partial charge >= 0.3 is 0 Å². The van der Waals surface area contributed by atoms with E-state index in [9.17, 15) is 18.5 Å². The number of fused-ring (bicyclic) bond motifs is 1. The molecule has 1 N–H and O–H groups in total. The SMILES string of the molecule is N#C/C(=C\C1=Cc2ccccc2OC1)C(=O)NC1CCS(=O)(=O)C1. The summed E-state index contributed by atoms with van der Waals surface area (Å²) < 4.78 is 28.5. The van der Waals surface area contributed by atoms with Crippen molar-refractivity contribution in [1.82, 2.24) is 5.32 Å². The van der Waals surface area contributed by atoms with E-state index >= 15 is 0 Å². The number of benzene rings is 1. The number of amides is 1. The van der Waals surface area contributed by atoms with Crippen molar-refractivity contribution in [2.24, 2.45) is 0 Å². The molecule has 0 aromatic heterocycles. The summed E-state index contributed by atoms with van der Waals surface area (Å²) >= 11 is 0. The lowest BCUT2D eigenvalue weighted by Gasteiger charge is -2.16. The van der Waals surface area contributed by atoms with Crippen molar-refractivity contribution >= 4 is 21.8 Å². The maximum Gasteiger partial charge on any atom is 0.262 e. The minimum absolute atomic E-state index is 0.0615. The summed E-state index contributed by atoms with van der Waals surface area (Å²) in [5.74, 6) is 0.198. The van der Waals surface area contributed by atoms with Gasteiger partial charge < -0.3 is 10.1 Å². The quantitative estimate of drug-likeness (QED) is 0.657. The molecule has 7 heteroatoms. The standard InChI is InChI=1S/C17H16N2O4S/c18-9-14(17(20)19-15-5-6-24(21,22)11-15)8-12-7-13-3-1-2-4-16(13)23-10-12/h1-4,7-8,15H,5-6,10-11H2,(H,19,20)/b14-8+. The fourth-order valence-electron chi connectivity index (χ4n) is 2.72. The Morgan fingerprint density at radius 3 is 2.88 bits per heavy atom. The van der Waals surface area contributed by atoms with Gasteiger partial charge in [-0.1, -0.05) is 18.2 Å². The predicted molar refractivity (Wildman–Crippen MR) is 88.8 cm³/mol. The third-order valence-electron chi connectivity index (χ3n) is 3.92. The van der Waals surface area contributed by atoms with Gasteiger partial charge in [0.05, 0.1) is 11.5 Å². The molecule has 124 valence electrons. The van der Waals surface area contributed by atoms with Crippen molar-refractivity contribution in [3.63, 3.8) is 0 Å². The maximum absolute atomic E-state index is 12.2. The number of hydrogen-bond donors (Lipinski definition) is 1. The summed E-state index contributed by atoms with van der Waals surface area (Å²) in [5, 5.41) is 11.9. The van der Waals surface area contributed by atoms with Gasteiger partial charge in [-0.05, 0) is 30.2 Å². The molecule has 1 saturated heterocycles. The molecule has 2 aliphatic rings. The molecule has 0 radical (unpaired) electrons. The number of nitriles is 1. The van der Waals surface area contributed by atoms with Crippen LogP contribution in [0.25, 0.3) is 6.08 Å². The lowest BCUT2D eigenvalue weighted by atomic mass is 10.0. The summed E-state index contributed by atoms with van der Waals surface area (Å²) in [7, 11) is -3.08. The normalized spacial score (nSPS) is 21.9. The summed E-state index contributed by atoms with van der Waals surface area (Å²) in [6.07, 6.45) is 3.73. The number of carbonyl (C=O) groups is 1. The number of nitrogens with zero attached hydrogens (tertiary/aromatic N) is 1. The average molecular weight is 344 g/mol. The maximum atomic E-state index is 12.2. The largest absolute Gasteiger partial charge is 0.488 e. The molecular formula is C17H16N2O4S. The predicted octanol–water partition coefficient (Wildman–Crippen LogP) is 1.22. The highest BCUT2D eigenvalue weighted by molar-refractivity contribution is 7.91. The molecule has 1 aromatic rings. The van der Waals surface area contributed by atoms with Crippen molar-refractivity contribution < 1.29 is 17.9 Å². The van der Waals surface area contributed by atoms with Crippen molar-refractivity contribution in [3.05, 3.63) is 47.1 Å². The highest BCUT2D eigenvalue weighted by Crippen LogP contribution is 2.26. The van der Waals surface area contributed by atoms with Crippen LogP contribution >= 0.6 is 0 Å². The van der Waals surface area contributed by atoms with Crippen LogP contribution in [-0.2, 0) is 14.6 Å². The van der Waals surface area contributed by atoms with Crippen LogP contribution in [0.1, 0.15) is 12.0 Å². The molecule has 1 amide bonds. The zero-order valence-electron chi connectivity index (χ0n) is 12.9. The molecule has 6 nitrogen and oxygen atoms in total. The first kappa shape index (κ1) is 16.3. The molecule has 2 heterocycles. The fraction of sp³-hybridized carbons (Fsp3) is 0.294. The average Bonchev–Trinajstić information content (AvgIpc) is 2.91. The van der Waals surface area contributed by atoms with E-state index in [-0.39, 0.29) is 23.7 Å². The van der Waals surface area contributed by atoms with Gasteiger partial charge in [0, 0.05) is 11.6 Å². The van der Waals surface area contributed by atoms with Gasteiger partial charge in [0.25, 0.3) is 5.91 Å². The van der Waals surface area contributed by atoms with Crippen molar-refractivity contribution in [2.75, 3.05) is 18.1 Å². The zero-order valence-corrected chi connectivity index (χ0v) is 13.7. The lowest BCUT2D eigenvalue weighted by molar-refractivity contribution is -0.117. The van der Waals surface area contributed by atoms with E-state index < -0.39 is 21.8 Å². The Bertz CT molecular complexity index is 878. The van der Waals surface area contributed by atoms with Gasteiger partial charge in [-0.2, -0.15) is 5.26 Å². The Balaban J connectivity index is 1.75. The van der Waals surface area contributed by atoms with Crippen LogP contribution < -0.4 is 10.1 Å². The second-order valence-corrected chi connectivity index (χ2v) is 8.02. The third-order valence-corrected chi connectivity index (χ3v) is 5.68. The summed E-state index contributed by atoms with van der Waals surface area (Å²) in [6, 6.07) is 8.93. The summed E-state index contributed by atoms with van der Waals surface area (Å²) in [5.41, 5.74) is 1.53. The van der Waals surface area contributed by atoms with Crippen LogP contribution in [-0.4, -0.2) is 38.5 Å². The fourth-order valence-corrected chi connectivity index (χ4v) is 4.40. The Morgan fingerprint density at radius 2 is 2.17 bits per heavy atom. The Labute approximate surface area is 140 Å². The molecule has 2 aliphatic heterocycles. The van der Waals surface area contributed by atoms with E-state index in [2.05, 4.69) is 5.32 Å². The summed E-state index contributed by atoms with van der Waals surface area (Å²) in [6.45, 7) is 0.271. The first-order valence-corrected chi connectivity index (χ1v) is 9.34. The highest BCUT2D eigenvalue weighted by atomic mass is 32.2. The molecule has 0 aliphatic carbocycles. The minimum Gasteiger partial charge on any atom is -0.488 e. The van der Waals surface area contributed by atoms with E-state index in [1.807, 2.05) is 36.4 Å². The number of carbonyl (C=O) groups excluding carboxylic acids is 1. The molecule has 0 saturated carbocycles. The molecular weight excluding hydrogens is 328 g/mol. The molecule has 1 fully saturated rings. The van der Waals surface area contributed by atoms with E-state index in [1.54, 1.807) is 0 Å². The van der Waals surface area contributed by atoms with E-state index in [4.69, 9.17) is 4.74 Å². The lowest BCUT2D eigenvalue weighted by Crippen LogP contribution is -2.36. The second-order valence-electron chi connectivity index (χ2n) is 5.79. The van der Waals surface area contributed by atoms with Crippen molar-refractivity contribution in [3.8, 4) is 11.8 Å². The van der Waals surface area contributed by atoms with Crippen LogP contribution in [0.5, 0.6) is 5.75 Å². The van der Waals surface area contributed by atoms with Crippen molar-refractivity contribution in [1.29, 1.82) is 5.26 Å². The number of nitrogens with one attached hydrogen (secondary N) is 1. The van der Waals surface area contributed by atoms with Gasteiger partial charge in [-0.25, -0.2) is 8.42 Å². The second kappa shape index (κ2) is 6.49. The van der Waals surface area contributed by atoms with Crippen molar-refractivity contribution in [2.45, 2.75) is 12.5 Å². The Hall–Kier alpha value is -2.59. The van der Waals surface area contributed by atoms with Crippen LogP contribution in [0.3, 0.4) is 0 Å². The molecule has 24 heavy (non-hydrogen) atoms. The Morgan fingerprint density at radius 1 is 1.38 bits per heavy atom. The van der Waals surface area contributed by atoms with Gasteiger partial charge in [-0.15, -0.1) is 0 Å². The molecule has 0 bridgehead atoms. The van der Waals surface area contributed by atoms with Crippen LogP contribution in [0.4, 0.5) is 0 Å². The number of para-hydroxylation sites is 1. The highest BCUT2D eigenvalue weighted by Gasteiger charge is 2.29. The number of ether oxygens (including phenoxy) is 1. The number of sulfone groups is 1. The first-order chi connectivity index (χ1) is 11.5. The molecule has 3 rings (SSSR count). The smallest absolute Gasteiger partial charge is 0.262 e. The molecule has 1 atom stereocenters. The topological polar surface area (TPSA) is 96.3 Å². The number of rotatable bonds is 3. The number of hydrogen-bond acceptors (Lipinski definition) is 5. The Kier molecular flexibility index (Phi) is 4.40. The zero-order chi connectivity index (χ0) is 17.2. The third kappa shape index (κ3) is 3.66. The summed E-state index contributed by atoms with van der Waals surface area (Å²) in [4.78, 5) is 12.2. The van der Waals surface area contributed by atoms with Crippen LogP contribution in [0, 0.1) is 11.3 Å². The molecule has 1 unspecified atom stereocenters. The van der Waals surface area contributed by atoms with Gasteiger partial charge in [0.1, 0.15) is 24.0 Å². The van der Waals surface area contributed by atoms with Crippen LogP contribution in [0.2, 0.25) is 0 Å². The van der Waals surface area contributed by atoms with Crippen LogP contribution in [0.15, 0.2) is 41.5 Å². The molecule has 1 aromatic carbocycles.